The van der Waals surface area contributed by atoms with E-state index in [0.29, 0.717) is 0 Å². The van der Waals surface area contributed by atoms with Crippen LogP contribution in [0.15, 0.2) is 89.5 Å². The second-order valence-corrected chi connectivity index (χ2v) is 12.4. The zero-order valence-electron chi connectivity index (χ0n) is 18.6. The summed E-state index contributed by atoms with van der Waals surface area (Å²) in [6.45, 7) is 8.70. The summed E-state index contributed by atoms with van der Waals surface area (Å²) < 4.78 is 0. The van der Waals surface area contributed by atoms with E-state index in [1.807, 2.05) is 91.8 Å². The number of allylic oxidation sites excluding steroid dienone is 8. The van der Waals surface area contributed by atoms with Crippen LogP contribution in [0.1, 0.15) is 26.2 Å². The molecular weight excluding hydrogens is 462 g/mol. The molecule has 0 amide bonds. The molecule has 2 nitrogen and oxygen atoms in total. The third kappa shape index (κ3) is 15.3. The number of para-hydroxylation sites is 1. The summed E-state index contributed by atoms with van der Waals surface area (Å²) in [5.74, 6) is -0.123. The quantitative estimate of drug-likeness (QED) is 0.252. The molecular formula is C26H33NOSiZr-. The number of hydrogen-bond acceptors (Lipinski definition) is 2. The summed E-state index contributed by atoms with van der Waals surface area (Å²) in [4.78, 5) is 4.18. The van der Waals surface area contributed by atoms with E-state index in [9.17, 15) is 5.11 Å². The van der Waals surface area contributed by atoms with Gasteiger partial charge in [-0.1, -0.05) is 105 Å². The van der Waals surface area contributed by atoms with Crippen LogP contribution in [0.4, 0.5) is 5.69 Å². The van der Waals surface area contributed by atoms with E-state index in [0.717, 1.165) is 30.5 Å². The number of nitrogens with zero attached hydrogens (tertiary/aromatic N) is 1. The summed E-state index contributed by atoms with van der Waals surface area (Å²) in [6, 6.07) is 9.41. The van der Waals surface area contributed by atoms with Crippen molar-refractivity contribution < 1.29 is 31.3 Å². The molecule has 0 fully saturated rings. The molecule has 157 valence electrons. The molecule has 0 bridgehead atoms. The van der Waals surface area contributed by atoms with Crippen molar-refractivity contribution in [2.45, 2.75) is 45.8 Å². The number of unbranched alkanes of at least 4 members (excludes halogenated alkanes) is 1. The first-order valence-electron chi connectivity index (χ1n) is 10.2. The predicted octanol–water partition coefficient (Wildman–Crippen LogP) is 6.50. The first-order chi connectivity index (χ1) is 13.9. The van der Waals surface area contributed by atoms with E-state index < -0.39 is 8.07 Å². The fraction of sp³-hybridized carbons (Fsp3) is 0.269. The third-order valence-corrected chi connectivity index (χ3v) is 4.71. The van der Waals surface area contributed by atoms with Crippen LogP contribution in [0.3, 0.4) is 0 Å². The van der Waals surface area contributed by atoms with Gasteiger partial charge < -0.3 is 5.11 Å². The molecule has 0 aromatic heterocycles. The molecule has 1 aromatic carbocycles. The van der Waals surface area contributed by atoms with Gasteiger partial charge in [-0.3, -0.25) is 4.99 Å². The molecule has 3 radical (unpaired) electrons. The predicted molar refractivity (Wildman–Crippen MR) is 128 cm³/mol. The molecule has 0 unspecified atom stereocenters. The second kappa shape index (κ2) is 17.2. The SMILES string of the molecule is CCCCC(=[C][Si](C)(C)C)C([O-])=Nc1ccccc1.[CH]1C=CC=C1.[CH]1C=CC=C1.[Zr]. The first kappa shape index (κ1) is 28.5. The third-order valence-electron chi connectivity index (χ3n) is 3.66. The van der Waals surface area contributed by atoms with Crippen LogP contribution >= 0.6 is 0 Å². The Balaban J connectivity index is 0.000000617. The zero-order chi connectivity index (χ0) is 21.4. The van der Waals surface area contributed by atoms with Crippen LogP contribution < -0.4 is 5.11 Å². The van der Waals surface area contributed by atoms with Gasteiger partial charge >= 0.3 is 0 Å². The van der Waals surface area contributed by atoms with Crippen LogP contribution in [0, 0.1) is 18.5 Å². The Kier molecular flexibility index (Phi) is 16.3. The van der Waals surface area contributed by atoms with Crippen molar-refractivity contribution in [2.75, 3.05) is 0 Å². The number of benzene rings is 1. The molecule has 0 atom stereocenters. The van der Waals surface area contributed by atoms with E-state index in [-0.39, 0.29) is 32.1 Å². The normalized spacial score (nSPS) is 14.5. The van der Waals surface area contributed by atoms with Crippen molar-refractivity contribution in [1.82, 2.24) is 0 Å². The topological polar surface area (TPSA) is 35.4 Å². The fourth-order valence-electron chi connectivity index (χ4n) is 2.36. The van der Waals surface area contributed by atoms with Gasteiger partial charge in [0.15, 0.2) is 0 Å². The second-order valence-electron chi connectivity index (χ2n) is 7.63. The van der Waals surface area contributed by atoms with Gasteiger partial charge in [-0.05, 0) is 36.4 Å². The van der Waals surface area contributed by atoms with Crippen LogP contribution in [0.25, 0.3) is 0 Å². The molecule has 0 spiro atoms. The maximum Gasteiger partial charge on any atom is 0.0778 e. The van der Waals surface area contributed by atoms with Crippen molar-refractivity contribution in [3.63, 3.8) is 0 Å². The monoisotopic (exact) mass is 493 g/mol. The molecule has 0 saturated carbocycles. The Labute approximate surface area is 204 Å². The van der Waals surface area contributed by atoms with Gasteiger partial charge in [0.05, 0.1) is 13.8 Å². The van der Waals surface area contributed by atoms with E-state index in [1.165, 1.54) is 0 Å². The molecule has 0 N–H and O–H groups in total. The molecule has 0 saturated heterocycles. The Hall–Kier alpha value is -1.51. The number of hydrogen-bond donors (Lipinski definition) is 0. The van der Waals surface area contributed by atoms with E-state index in [4.69, 9.17) is 0 Å². The van der Waals surface area contributed by atoms with Gasteiger partial charge in [0.1, 0.15) is 0 Å². The van der Waals surface area contributed by atoms with Gasteiger partial charge in [-0.2, -0.15) is 0 Å². The van der Waals surface area contributed by atoms with Crippen LogP contribution in [-0.2, 0) is 26.2 Å². The van der Waals surface area contributed by atoms with Gasteiger partial charge in [-0.15, -0.1) is 0 Å². The molecule has 3 rings (SSSR count). The standard InChI is InChI=1S/C16H24NOSi.2C5H5.Zr/c1-5-6-10-14(13-19(2,3)4)16(18)17-15-11-8-7-9-12-15;2*1-2-4-5-3-1;/h7-9,11-12H,5-6,10H2,1-4H3,(H,17,18);2*1-5H;/p-1. The largest absolute Gasteiger partial charge is 0.858 e. The van der Waals surface area contributed by atoms with Crippen LogP contribution in [-0.4, -0.2) is 14.0 Å². The van der Waals surface area contributed by atoms with Crippen molar-refractivity contribution >= 4 is 19.7 Å². The van der Waals surface area contributed by atoms with Crippen molar-refractivity contribution in [3.8, 4) is 0 Å². The van der Waals surface area contributed by atoms with Crippen molar-refractivity contribution in [3.05, 3.63) is 103 Å². The summed E-state index contributed by atoms with van der Waals surface area (Å²) in [5.41, 5.74) is 4.91. The minimum absolute atomic E-state index is 0. The smallest absolute Gasteiger partial charge is 0.0778 e. The van der Waals surface area contributed by atoms with Crippen LogP contribution in [0.5, 0.6) is 0 Å². The molecule has 30 heavy (non-hydrogen) atoms. The van der Waals surface area contributed by atoms with Crippen LogP contribution in [0.2, 0.25) is 19.6 Å². The van der Waals surface area contributed by atoms with Crippen molar-refractivity contribution in [1.29, 1.82) is 0 Å². The van der Waals surface area contributed by atoms with E-state index >= 15 is 0 Å². The minimum Gasteiger partial charge on any atom is -0.858 e. The number of aliphatic imine (C=N–C) groups is 1. The minimum atomic E-state index is -1.52. The average molecular weight is 495 g/mol. The maximum absolute atomic E-state index is 12.3. The summed E-state index contributed by atoms with van der Waals surface area (Å²) in [6.07, 6.45) is 22.9. The van der Waals surface area contributed by atoms with Gasteiger partial charge in [0.2, 0.25) is 0 Å². The Bertz CT molecular complexity index is 711. The molecule has 2 aliphatic rings. The first-order valence-corrected chi connectivity index (χ1v) is 13.7. The maximum atomic E-state index is 12.3. The average Bonchev–Trinajstić information content (AvgIpc) is 3.44. The summed E-state index contributed by atoms with van der Waals surface area (Å²) in [7, 11) is -1.52. The Morgan fingerprint density at radius 3 is 1.73 bits per heavy atom. The Morgan fingerprint density at radius 1 is 0.867 bits per heavy atom. The van der Waals surface area contributed by atoms with E-state index in [2.05, 4.69) is 37.3 Å². The van der Waals surface area contributed by atoms with Gasteiger partial charge in [0.25, 0.3) is 0 Å². The molecule has 2 aliphatic carbocycles. The summed E-state index contributed by atoms with van der Waals surface area (Å²) in [5, 5.41) is 12.3. The molecule has 4 heteroatoms. The van der Waals surface area contributed by atoms with E-state index in [1.54, 1.807) is 0 Å². The zero-order valence-corrected chi connectivity index (χ0v) is 22.1. The molecule has 0 heterocycles. The number of rotatable bonds is 6. The van der Waals surface area contributed by atoms with Crippen molar-refractivity contribution in [2.24, 2.45) is 4.99 Å². The molecule has 0 aliphatic heterocycles. The van der Waals surface area contributed by atoms with Gasteiger partial charge in [0, 0.05) is 39.0 Å². The summed E-state index contributed by atoms with van der Waals surface area (Å²) >= 11 is 0. The molecule has 1 aromatic rings. The van der Waals surface area contributed by atoms with Gasteiger partial charge in [-0.25, -0.2) is 0 Å². The fourth-order valence-corrected chi connectivity index (χ4v) is 3.50. The Morgan fingerprint density at radius 2 is 1.37 bits per heavy atom.